The molecule has 0 saturated carbocycles. The van der Waals surface area contributed by atoms with E-state index in [1.165, 1.54) is 18.5 Å². The van der Waals surface area contributed by atoms with Crippen LogP contribution in [0, 0.1) is 5.82 Å². The fourth-order valence-electron chi connectivity index (χ4n) is 3.23. The van der Waals surface area contributed by atoms with Gasteiger partial charge in [-0.3, -0.25) is 0 Å². The zero-order valence-electron chi connectivity index (χ0n) is 15.4. The second-order valence-electron chi connectivity index (χ2n) is 6.54. The number of nitrogens with one attached hydrogen (secondary N) is 2. The van der Waals surface area contributed by atoms with E-state index >= 15 is 0 Å². The molecule has 1 aliphatic heterocycles. The van der Waals surface area contributed by atoms with Gasteiger partial charge in [0.05, 0.1) is 16.6 Å². The van der Waals surface area contributed by atoms with Gasteiger partial charge in [0, 0.05) is 12.2 Å². The molecule has 144 valence electrons. The molecule has 29 heavy (non-hydrogen) atoms. The van der Waals surface area contributed by atoms with Gasteiger partial charge in [0.2, 0.25) is 0 Å². The van der Waals surface area contributed by atoms with Crippen LogP contribution >= 0.6 is 0 Å². The van der Waals surface area contributed by atoms with Crippen molar-refractivity contribution in [1.29, 1.82) is 0 Å². The van der Waals surface area contributed by atoms with Gasteiger partial charge in [0.15, 0.2) is 5.75 Å². The van der Waals surface area contributed by atoms with Crippen LogP contribution in [-0.2, 0) is 0 Å². The van der Waals surface area contributed by atoms with Crippen molar-refractivity contribution < 1.29 is 13.9 Å². The third-order valence-electron chi connectivity index (χ3n) is 4.59. The number of anilines is 3. The molecule has 6 nitrogen and oxygen atoms in total. The molecule has 0 aliphatic carbocycles. The van der Waals surface area contributed by atoms with Crippen molar-refractivity contribution in [2.24, 2.45) is 0 Å². The van der Waals surface area contributed by atoms with Crippen LogP contribution in [0.15, 0.2) is 67.0 Å². The Balaban J connectivity index is 1.41. The zero-order chi connectivity index (χ0) is 19.6. The molecule has 1 aliphatic rings. The SMILES string of the molecule is Fc1ccc(Oc2ccc(Nc3ncnc4ccc5c(c34)OCCN5)cc2)cc1. The molecule has 2 N–H and O–H groups in total. The maximum atomic E-state index is 13.0. The normalized spacial score (nSPS) is 12.6. The van der Waals surface area contributed by atoms with Crippen molar-refractivity contribution in [2.75, 3.05) is 23.8 Å². The second kappa shape index (κ2) is 7.27. The summed E-state index contributed by atoms with van der Waals surface area (Å²) in [4.78, 5) is 8.77. The van der Waals surface area contributed by atoms with E-state index in [9.17, 15) is 4.39 Å². The molecule has 0 fully saturated rings. The van der Waals surface area contributed by atoms with Crippen molar-refractivity contribution >= 4 is 28.1 Å². The fraction of sp³-hybridized carbons (Fsp3) is 0.0909. The average molecular weight is 388 g/mol. The number of hydrogen-bond acceptors (Lipinski definition) is 6. The summed E-state index contributed by atoms with van der Waals surface area (Å²) < 4.78 is 24.6. The first-order valence-electron chi connectivity index (χ1n) is 9.21. The van der Waals surface area contributed by atoms with Gasteiger partial charge < -0.3 is 20.1 Å². The molecular formula is C22H17FN4O2. The van der Waals surface area contributed by atoms with E-state index in [-0.39, 0.29) is 5.82 Å². The van der Waals surface area contributed by atoms with Crippen molar-refractivity contribution in [3.63, 3.8) is 0 Å². The van der Waals surface area contributed by atoms with Gasteiger partial charge in [-0.2, -0.15) is 0 Å². The number of hydrogen-bond donors (Lipinski definition) is 2. The molecule has 0 radical (unpaired) electrons. The van der Waals surface area contributed by atoms with Crippen molar-refractivity contribution in [3.05, 3.63) is 72.8 Å². The summed E-state index contributed by atoms with van der Waals surface area (Å²) >= 11 is 0. The maximum absolute atomic E-state index is 13.0. The quantitative estimate of drug-likeness (QED) is 0.506. The highest BCUT2D eigenvalue weighted by molar-refractivity contribution is 5.99. The van der Waals surface area contributed by atoms with Gasteiger partial charge in [0.25, 0.3) is 0 Å². The number of fused-ring (bicyclic) bond motifs is 3. The van der Waals surface area contributed by atoms with Crippen LogP contribution in [-0.4, -0.2) is 23.1 Å². The van der Waals surface area contributed by atoms with E-state index in [2.05, 4.69) is 20.6 Å². The minimum Gasteiger partial charge on any atom is -0.489 e. The lowest BCUT2D eigenvalue weighted by Gasteiger charge is -2.21. The standard InChI is InChI=1S/C22H17FN4O2/c23-14-1-5-16(6-2-14)29-17-7-3-15(4-8-17)27-22-20-18(25-13-26-22)9-10-19-21(20)28-12-11-24-19/h1-10,13,24H,11-12H2,(H,25,26,27). The Kier molecular flexibility index (Phi) is 4.32. The smallest absolute Gasteiger partial charge is 0.155 e. The van der Waals surface area contributed by atoms with Crippen molar-refractivity contribution in [2.45, 2.75) is 0 Å². The number of ether oxygens (including phenoxy) is 2. The predicted octanol–water partition coefficient (Wildman–Crippen LogP) is 5.11. The predicted molar refractivity (Wildman–Crippen MR) is 110 cm³/mol. The van der Waals surface area contributed by atoms with Crippen molar-refractivity contribution in [1.82, 2.24) is 9.97 Å². The summed E-state index contributed by atoms with van der Waals surface area (Å²) in [6, 6.07) is 17.3. The van der Waals surface area contributed by atoms with E-state index in [4.69, 9.17) is 9.47 Å². The Morgan fingerprint density at radius 1 is 0.931 bits per heavy atom. The zero-order valence-corrected chi connectivity index (χ0v) is 15.4. The molecule has 0 unspecified atom stereocenters. The summed E-state index contributed by atoms with van der Waals surface area (Å²) in [6.45, 7) is 1.36. The Bertz CT molecular complexity index is 1160. The minimum atomic E-state index is -0.296. The number of aromatic nitrogens is 2. The monoisotopic (exact) mass is 388 g/mol. The third-order valence-corrected chi connectivity index (χ3v) is 4.59. The third kappa shape index (κ3) is 3.50. The summed E-state index contributed by atoms with van der Waals surface area (Å²) in [5.41, 5.74) is 2.59. The lowest BCUT2D eigenvalue weighted by atomic mass is 10.1. The molecule has 3 aromatic carbocycles. The van der Waals surface area contributed by atoms with Crippen LogP contribution in [0.1, 0.15) is 0 Å². The van der Waals surface area contributed by atoms with E-state index in [1.807, 2.05) is 36.4 Å². The van der Waals surface area contributed by atoms with Gasteiger partial charge >= 0.3 is 0 Å². The highest BCUT2D eigenvalue weighted by atomic mass is 19.1. The highest BCUT2D eigenvalue weighted by Gasteiger charge is 2.17. The summed E-state index contributed by atoms with van der Waals surface area (Å²) in [7, 11) is 0. The Hall–Kier alpha value is -3.87. The van der Waals surface area contributed by atoms with Crippen LogP contribution in [0.3, 0.4) is 0 Å². The largest absolute Gasteiger partial charge is 0.489 e. The summed E-state index contributed by atoms with van der Waals surface area (Å²) in [5, 5.41) is 7.50. The second-order valence-corrected chi connectivity index (χ2v) is 6.54. The molecule has 7 heteroatoms. The van der Waals surface area contributed by atoms with Crippen molar-refractivity contribution in [3.8, 4) is 17.2 Å². The average Bonchev–Trinajstić information content (AvgIpc) is 2.76. The molecule has 4 aromatic rings. The first-order valence-corrected chi connectivity index (χ1v) is 9.21. The van der Waals surface area contributed by atoms with Crippen LogP contribution in [0.25, 0.3) is 10.9 Å². The molecule has 1 aromatic heterocycles. The Labute approximate surface area is 166 Å². The lowest BCUT2D eigenvalue weighted by Crippen LogP contribution is -2.18. The van der Waals surface area contributed by atoms with Gasteiger partial charge in [-0.15, -0.1) is 0 Å². The van der Waals surface area contributed by atoms with Crippen LogP contribution in [0.2, 0.25) is 0 Å². The fourth-order valence-corrected chi connectivity index (χ4v) is 3.23. The molecule has 0 bridgehead atoms. The lowest BCUT2D eigenvalue weighted by molar-refractivity contribution is 0.327. The molecular weight excluding hydrogens is 371 g/mol. The molecule has 0 spiro atoms. The molecule has 2 heterocycles. The molecule has 0 saturated heterocycles. The number of benzene rings is 3. The molecule has 5 rings (SSSR count). The van der Waals surface area contributed by atoms with Gasteiger partial charge in [-0.25, -0.2) is 14.4 Å². The van der Waals surface area contributed by atoms with Crippen LogP contribution < -0.4 is 20.1 Å². The van der Waals surface area contributed by atoms with E-state index in [0.717, 1.165) is 34.6 Å². The first kappa shape index (κ1) is 17.2. The van der Waals surface area contributed by atoms with Crippen LogP contribution in [0.4, 0.5) is 21.6 Å². The molecule has 0 atom stereocenters. The van der Waals surface area contributed by atoms with Gasteiger partial charge in [-0.05, 0) is 60.7 Å². The number of nitrogens with zero attached hydrogens (tertiary/aromatic N) is 2. The van der Waals surface area contributed by atoms with Crippen LogP contribution in [0.5, 0.6) is 17.2 Å². The minimum absolute atomic E-state index is 0.296. The highest BCUT2D eigenvalue weighted by Crippen LogP contribution is 2.39. The Morgan fingerprint density at radius 2 is 1.69 bits per heavy atom. The summed E-state index contributed by atoms with van der Waals surface area (Å²) in [5.74, 6) is 2.36. The van der Waals surface area contributed by atoms with E-state index < -0.39 is 0 Å². The summed E-state index contributed by atoms with van der Waals surface area (Å²) in [6.07, 6.45) is 1.53. The maximum Gasteiger partial charge on any atom is 0.155 e. The van der Waals surface area contributed by atoms with E-state index in [1.54, 1.807) is 12.1 Å². The van der Waals surface area contributed by atoms with Gasteiger partial charge in [-0.1, -0.05) is 0 Å². The van der Waals surface area contributed by atoms with E-state index in [0.29, 0.717) is 23.9 Å². The molecule has 0 amide bonds. The Morgan fingerprint density at radius 3 is 2.48 bits per heavy atom. The number of halogens is 1. The first-order chi connectivity index (χ1) is 14.3. The number of rotatable bonds is 4. The van der Waals surface area contributed by atoms with Gasteiger partial charge in [0.1, 0.15) is 36.1 Å². The topological polar surface area (TPSA) is 68.3 Å².